The summed E-state index contributed by atoms with van der Waals surface area (Å²) in [7, 11) is 0. The highest BCUT2D eigenvalue weighted by Crippen LogP contribution is 2.31. The molecule has 0 aromatic carbocycles. The second-order valence-corrected chi connectivity index (χ2v) is 6.32. The van der Waals surface area contributed by atoms with Gasteiger partial charge in [-0.1, -0.05) is 6.92 Å². The average Bonchev–Trinajstić information content (AvgIpc) is 2.67. The first-order valence-electron chi connectivity index (χ1n) is 8.83. The zero-order valence-corrected chi connectivity index (χ0v) is 16.1. The standard InChI is InChI=1S/C19H19F2N7O/c1-4-12-7-17(28-18(26-12)19(3,20)21)27-14-8-16(25-11(2)29)24-9-13(14)15-10-22-5-6-23-15/h5-10H,4H2,1-3H3,(H2,24,25,26,27,28,29). The Labute approximate surface area is 165 Å². The van der Waals surface area contributed by atoms with Crippen molar-refractivity contribution in [2.75, 3.05) is 10.6 Å². The highest BCUT2D eigenvalue weighted by molar-refractivity contribution is 5.89. The number of pyridine rings is 1. The Balaban J connectivity index is 2.08. The van der Waals surface area contributed by atoms with E-state index in [9.17, 15) is 13.6 Å². The number of alkyl halides is 2. The molecule has 0 spiro atoms. The summed E-state index contributed by atoms with van der Waals surface area (Å²) in [5, 5.41) is 5.62. The van der Waals surface area contributed by atoms with Gasteiger partial charge in [0.2, 0.25) is 11.7 Å². The topological polar surface area (TPSA) is 106 Å². The van der Waals surface area contributed by atoms with E-state index in [0.29, 0.717) is 34.9 Å². The summed E-state index contributed by atoms with van der Waals surface area (Å²) >= 11 is 0. The summed E-state index contributed by atoms with van der Waals surface area (Å²) in [4.78, 5) is 31.7. The molecular formula is C19H19F2N7O. The lowest BCUT2D eigenvalue weighted by molar-refractivity contribution is -0.114. The summed E-state index contributed by atoms with van der Waals surface area (Å²) in [6.07, 6.45) is 6.57. The number of nitrogens with zero attached hydrogens (tertiary/aromatic N) is 5. The van der Waals surface area contributed by atoms with Gasteiger partial charge in [0.25, 0.3) is 0 Å². The lowest BCUT2D eigenvalue weighted by Crippen LogP contribution is -2.15. The quantitative estimate of drug-likeness (QED) is 0.651. The second kappa shape index (κ2) is 8.21. The van der Waals surface area contributed by atoms with Gasteiger partial charge in [-0.15, -0.1) is 0 Å². The third-order valence-electron chi connectivity index (χ3n) is 3.84. The molecule has 0 saturated heterocycles. The van der Waals surface area contributed by atoms with E-state index in [1.165, 1.54) is 25.5 Å². The molecule has 0 bridgehead atoms. The highest BCUT2D eigenvalue weighted by Gasteiger charge is 2.29. The molecular weight excluding hydrogens is 380 g/mol. The second-order valence-electron chi connectivity index (χ2n) is 6.32. The van der Waals surface area contributed by atoms with Crippen LogP contribution in [-0.4, -0.2) is 30.8 Å². The Morgan fingerprint density at radius 3 is 2.52 bits per heavy atom. The number of nitrogens with one attached hydrogen (secondary N) is 2. The van der Waals surface area contributed by atoms with Crippen molar-refractivity contribution in [1.82, 2.24) is 24.9 Å². The van der Waals surface area contributed by atoms with Crippen molar-refractivity contribution in [3.05, 3.63) is 48.4 Å². The van der Waals surface area contributed by atoms with Crippen molar-refractivity contribution in [2.45, 2.75) is 33.1 Å². The van der Waals surface area contributed by atoms with Gasteiger partial charge in [0.1, 0.15) is 11.6 Å². The molecule has 150 valence electrons. The predicted octanol–water partition coefficient (Wildman–Crippen LogP) is 3.70. The van der Waals surface area contributed by atoms with Crippen molar-refractivity contribution in [3.8, 4) is 11.3 Å². The Morgan fingerprint density at radius 1 is 1.10 bits per heavy atom. The lowest BCUT2D eigenvalue weighted by Gasteiger charge is -2.15. The van der Waals surface area contributed by atoms with E-state index in [1.807, 2.05) is 6.92 Å². The van der Waals surface area contributed by atoms with E-state index in [0.717, 1.165) is 6.92 Å². The molecule has 0 aliphatic carbocycles. The first-order valence-corrected chi connectivity index (χ1v) is 8.83. The minimum Gasteiger partial charge on any atom is -0.339 e. The average molecular weight is 399 g/mol. The lowest BCUT2D eigenvalue weighted by atomic mass is 10.1. The molecule has 0 saturated carbocycles. The van der Waals surface area contributed by atoms with E-state index in [4.69, 9.17) is 0 Å². The van der Waals surface area contributed by atoms with Crippen LogP contribution in [0.1, 0.15) is 32.3 Å². The van der Waals surface area contributed by atoms with Crippen molar-refractivity contribution < 1.29 is 13.6 Å². The molecule has 1 amide bonds. The monoisotopic (exact) mass is 399 g/mol. The van der Waals surface area contributed by atoms with Crippen LogP contribution >= 0.6 is 0 Å². The Morgan fingerprint density at radius 2 is 1.90 bits per heavy atom. The number of carbonyl (C=O) groups is 1. The molecule has 0 radical (unpaired) electrons. The molecule has 0 fully saturated rings. The molecule has 0 atom stereocenters. The highest BCUT2D eigenvalue weighted by atomic mass is 19.3. The van der Waals surface area contributed by atoms with Gasteiger partial charge in [-0.3, -0.25) is 14.8 Å². The first kappa shape index (κ1) is 20.2. The smallest absolute Gasteiger partial charge is 0.303 e. The zero-order valence-electron chi connectivity index (χ0n) is 16.1. The minimum absolute atomic E-state index is 0.193. The Hall–Kier alpha value is -3.56. The maximum absolute atomic E-state index is 13.8. The molecule has 3 aromatic heterocycles. The third-order valence-corrected chi connectivity index (χ3v) is 3.84. The van der Waals surface area contributed by atoms with Crippen molar-refractivity contribution in [2.24, 2.45) is 0 Å². The number of aromatic nitrogens is 5. The number of carbonyl (C=O) groups excluding carboxylic acids is 1. The summed E-state index contributed by atoms with van der Waals surface area (Å²) in [5.74, 6) is -3.57. The van der Waals surface area contributed by atoms with Crippen LogP contribution < -0.4 is 10.6 Å². The minimum atomic E-state index is -3.19. The molecule has 0 unspecified atom stereocenters. The number of anilines is 3. The van der Waals surface area contributed by atoms with E-state index in [2.05, 4.69) is 35.6 Å². The SMILES string of the molecule is CCc1cc(Nc2cc(NC(C)=O)ncc2-c2cnccn2)nc(C(C)(F)F)n1. The van der Waals surface area contributed by atoms with Crippen LogP contribution in [0.2, 0.25) is 0 Å². The van der Waals surface area contributed by atoms with Gasteiger partial charge in [-0.2, -0.15) is 8.78 Å². The van der Waals surface area contributed by atoms with Gasteiger partial charge >= 0.3 is 5.92 Å². The molecule has 29 heavy (non-hydrogen) atoms. The maximum Gasteiger partial charge on any atom is 0.303 e. The molecule has 3 aromatic rings. The number of hydrogen-bond acceptors (Lipinski definition) is 7. The van der Waals surface area contributed by atoms with Crippen LogP contribution in [0.5, 0.6) is 0 Å². The van der Waals surface area contributed by atoms with Gasteiger partial charge in [0.05, 0.1) is 17.6 Å². The number of aryl methyl sites for hydroxylation is 1. The zero-order chi connectivity index (χ0) is 21.0. The Bertz CT molecular complexity index is 1020. The van der Waals surface area contributed by atoms with Gasteiger partial charge in [-0.05, 0) is 6.42 Å². The summed E-state index contributed by atoms with van der Waals surface area (Å²) < 4.78 is 27.6. The summed E-state index contributed by atoms with van der Waals surface area (Å²) in [6.45, 7) is 3.92. The molecule has 0 aliphatic heterocycles. The van der Waals surface area contributed by atoms with Crippen LogP contribution in [0.4, 0.5) is 26.1 Å². The van der Waals surface area contributed by atoms with Gasteiger partial charge < -0.3 is 10.6 Å². The number of halogens is 2. The van der Waals surface area contributed by atoms with E-state index in [1.54, 1.807) is 18.3 Å². The van der Waals surface area contributed by atoms with Gasteiger partial charge in [0, 0.05) is 55.8 Å². The molecule has 8 nitrogen and oxygen atoms in total. The number of hydrogen-bond donors (Lipinski definition) is 2. The maximum atomic E-state index is 13.8. The van der Waals surface area contributed by atoms with E-state index >= 15 is 0 Å². The fourth-order valence-corrected chi connectivity index (χ4v) is 2.53. The number of rotatable bonds is 6. The van der Waals surface area contributed by atoms with Crippen molar-refractivity contribution in [3.63, 3.8) is 0 Å². The molecule has 0 aliphatic rings. The fraction of sp³-hybridized carbons (Fsp3) is 0.263. The molecule has 3 rings (SSSR count). The first-order chi connectivity index (χ1) is 13.8. The molecule has 10 heteroatoms. The van der Waals surface area contributed by atoms with Crippen LogP contribution in [0.25, 0.3) is 11.3 Å². The fourth-order valence-electron chi connectivity index (χ4n) is 2.53. The van der Waals surface area contributed by atoms with Crippen molar-refractivity contribution >= 4 is 23.2 Å². The largest absolute Gasteiger partial charge is 0.339 e. The Kier molecular flexibility index (Phi) is 5.71. The van der Waals surface area contributed by atoms with Crippen LogP contribution in [0, 0.1) is 0 Å². The summed E-state index contributed by atoms with van der Waals surface area (Å²) in [5.41, 5.74) is 2.02. The van der Waals surface area contributed by atoms with E-state index < -0.39 is 11.7 Å². The normalized spacial score (nSPS) is 11.2. The van der Waals surface area contributed by atoms with Gasteiger partial charge in [0.15, 0.2) is 0 Å². The molecule has 2 N–H and O–H groups in total. The van der Waals surface area contributed by atoms with Crippen LogP contribution in [-0.2, 0) is 17.1 Å². The van der Waals surface area contributed by atoms with Crippen molar-refractivity contribution in [1.29, 1.82) is 0 Å². The number of amides is 1. The molecule has 3 heterocycles. The van der Waals surface area contributed by atoms with Gasteiger partial charge in [-0.25, -0.2) is 15.0 Å². The summed E-state index contributed by atoms with van der Waals surface area (Å²) in [6, 6.07) is 3.16. The predicted molar refractivity (Wildman–Crippen MR) is 104 cm³/mol. The van der Waals surface area contributed by atoms with E-state index in [-0.39, 0.29) is 11.7 Å². The third kappa shape index (κ3) is 5.03. The van der Waals surface area contributed by atoms with Crippen LogP contribution in [0.15, 0.2) is 36.9 Å². The van der Waals surface area contributed by atoms with Crippen LogP contribution in [0.3, 0.4) is 0 Å².